The third kappa shape index (κ3) is 6.07. The van der Waals surface area contributed by atoms with Crippen molar-refractivity contribution in [1.29, 1.82) is 0 Å². The van der Waals surface area contributed by atoms with Gasteiger partial charge in [0.25, 0.3) is 0 Å². The summed E-state index contributed by atoms with van der Waals surface area (Å²) in [5.41, 5.74) is 11.6. The lowest BCUT2D eigenvalue weighted by molar-refractivity contribution is 1.17. The average Bonchev–Trinajstić information content (AvgIpc) is 3.92. The number of anilines is 3. The van der Waals surface area contributed by atoms with E-state index in [1.54, 1.807) is 0 Å². The molecule has 1 aliphatic heterocycles. The Morgan fingerprint density at radius 3 is 1.09 bits per heavy atom. The van der Waals surface area contributed by atoms with Crippen LogP contribution in [0.25, 0.3) is 61.1 Å². The van der Waals surface area contributed by atoms with Crippen molar-refractivity contribution in [3.05, 3.63) is 188 Å². The number of hydrogen-bond acceptors (Lipinski definition) is 5. The molecule has 0 atom stereocenters. The Kier molecular flexibility index (Phi) is 9.03. The molecule has 0 aliphatic carbocycles. The second-order valence-electron chi connectivity index (χ2n) is 13.3. The molecule has 0 spiro atoms. The Balaban J connectivity index is 1.05. The van der Waals surface area contributed by atoms with E-state index in [4.69, 9.17) is 0 Å². The molecule has 1 aliphatic rings. The normalized spacial score (nSPS) is 13.2. The van der Waals surface area contributed by atoms with Gasteiger partial charge in [-0.05, 0) is 109 Å². The number of benzene rings is 7. The van der Waals surface area contributed by atoms with Crippen molar-refractivity contribution in [2.24, 2.45) is 0 Å². The first-order valence-electron chi connectivity index (χ1n) is 18.2. The zero-order valence-electron chi connectivity index (χ0n) is 30.2. The molecule has 7 heteroatoms. The molecule has 0 fully saturated rings. The molecule has 0 N–H and O–H groups in total. The number of fused-ring (bicyclic) bond motifs is 6. The fourth-order valence-corrected chi connectivity index (χ4v) is 12.7. The highest BCUT2D eigenvalue weighted by Gasteiger charge is 2.21. The summed E-state index contributed by atoms with van der Waals surface area (Å²) in [6.45, 7) is 0. The molecule has 0 amide bonds. The van der Waals surface area contributed by atoms with Gasteiger partial charge in [0, 0.05) is 50.0 Å². The lowest BCUT2D eigenvalue weighted by Gasteiger charge is -2.26. The van der Waals surface area contributed by atoms with Crippen molar-refractivity contribution in [2.75, 3.05) is 17.4 Å². The second kappa shape index (κ2) is 14.5. The molecule has 0 radical (unpaired) electrons. The van der Waals surface area contributed by atoms with Gasteiger partial charge in [0.15, 0.2) is 0 Å². The van der Waals surface area contributed by atoms with E-state index >= 15 is 0 Å². The van der Waals surface area contributed by atoms with Gasteiger partial charge in [0.05, 0.1) is 34.8 Å². The Morgan fingerprint density at radius 1 is 0.418 bits per heavy atom. The second-order valence-corrected chi connectivity index (χ2v) is 17.9. The van der Waals surface area contributed by atoms with Crippen molar-refractivity contribution < 1.29 is 0 Å². The van der Waals surface area contributed by atoms with Crippen molar-refractivity contribution in [3.63, 3.8) is 0 Å². The van der Waals surface area contributed by atoms with Gasteiger partial charge in [-0.15, -0.1) is 23.5 Å². The Hall–Kier alpha value is -5.18. The highest BCUT2D eigenvalue weighted by atomic mass is 32.3. The first kappa shape index (κ1) is 34.3. The highest BCUT2D eigenvalue weighted by Crippen LogP contribution is 2.56. The molecule has 0 unspecified atom stereocenters. The number of para-hydroxylation sites is 4. The minimum absolute atomic E-state index is 1.10. The van der Waals surface area contributed by atoms with Crippen molar-refractivity contribution in [2.45, 2.75) is 0 Å². The number of aromatic nitrogens is 2. The van der Waals surface area contributed by atoms with Gasteiger partial charge in [-0.3, -0.25) is 0 Å². The van der Waals surface area contributed by atoms with Crippen molar-refractivity contribution in [3.8, 4) is 11.4 Å². The van der Waals surface area contributed by atoms with Gasteiger partial charge in [-0.1, -0.05) is 108 Å². The van der Waals surface area contributed by atoms with E-state index < -0.39 is 0 Å². The monoisotopic (exact) mass is 781 g/mol. The van der Waals surface area contributed by atoms with Crippen LogP contribution < -0.4 is 4.90 Å². The third-order valence-corrected chi connectivity index (χ3v) is 15.3. The van der Waals surface area contributed by atoms with Gasteiger partial charge >= 0.3 is 0 Å². The summed E-state index contributed by atoms with van der Waals surface area (Å²) in [6.07, 6.45) is 6.64. The van der Waals surface area contributed by atoms with Crippen LogP contribution in [0.2, 0.25) is 0 Å². The predicted octanol–water partition coefficient (Wildman–Crippen LogP) is 15.0. The van der Waals surface area contributed by atoms with Crippen LogP contribution in [0.3, 0.4) is 0 Å². The third-order valence-electron chi connectivity index (χ3n) is 10.3. The van der Waals surface area contributed by atoms with Gasteiger partial charge in [0.1, 0.15) is 0 Å². The fraction of sp³-hybridized carbons (Fsp3) is 0.0417. The number of nitrogens with zero attached hydrogens (tertiary/aromatic N) is 3. The maximum Gasteiger partial charge on any atom is 0.0657 e. The SMILES string of the molecule is CSC1=C(SC)SC(=Cc2ccc(N(c3ccc(-n4c5ccccc5c5ccccc54)cc3)c3ccc(-n4c5ccccc5c5ccccc54)cc3)cc2)S1. The molecule has 3 nitrogen and oxygen atoms in total. The van der Waals surface area contributed by atoms with Crippen LogP contribution in [0.4, 0.5) is 17.1 Å². The Morgan fingerprint density at radius 2 is 0.745 bits per heavy atom. The average molecular weight is 782 g/mol. The Labute approximate surface area is 337 Å². The molecule has 7 aromatic carbocycles. The molecule has 3 heterocycles. The largest absolute Gasteiger partial charge is 0.311 e. The maximum absolute atomic E-state index is 2.38. The van der Waals surface area contributed by atoms with E-state index in [9.17, 15) is 0 Å². The van der Waals surface area contributed by atoms with Crippen LogP contribution in [0.15, 0.2) is 183 Å². The molecule has 0 saturated heterocycles. The lowest BCUT2D eigenvalue weighted by atomic mass is 10.1. The summed E-state index contributed by atoms with van der Waals surface area (Å²) in [4.78, 5) is 2.36. The van der Waals surface area contributed by atoms with Gasteiger partial charge in [-0.2, -0.15) is 0 Å². The summed E-state index contributed by atoms with van der Waals surface area (Å²) in [5, 5.41) is 5.06. The molecule has 9 aromatic rings. The quantitative estimate of drug-likeness (QED) is 0.152. The lowest BCUT2D eigenvalue weighted by Crippen LogP contribution is -2.10. The first-order chi connectivity index (χ1) is 27.2. The van der Waals surface area contributed by atoms with Gasteiger partial charge in [-0.25, -0.2) is 0 Å². The van der Waals surface area contributed by atoms with Gasteiger partial charge in [0.2, 0.25) is 0 Å². The van der Waals surface area contributed by atoms with E-state index in [1.165, 1.54) is 61.9 Å². The van der Waals surface area contributed by atoms with Crippen LogP contribution in [-0.2, 0) is 0 Å². The van der Waals surface area contributed by atoms with Crippen molar-refractivity contribution >= 4 is 114 Å². The molecule has 0 saturated carbocycles. The summed E-state index contributed by atoms with van der Waals surface area (Å²) >= 11 is 7.42. The first-order valence-corrected chi connectivity index (χ1v) is 22.2. The molecule has 2 aromatic heterocycles. The van der Waals surface area contributed by atoms with Crippen LogP contribution in [0.1, 0.15) is 5.56 Å². The Bertz CT molecular complexity index is 2660. The number of rotatable bonds is 8. The van der Waals surface area contributed by atoms with E-state index in [1.807, 2.05) is 47.0 Å². The smallest absolute Gasteiger partial charge is 0.0657 e. The van der Waals surface area contributed by atoms with Crippen molar-refractivity contribution in [1.82, 2.24) is 9.13 Å². The van der Waals surface area contributed by atoms with Crippen LogP contribution in [-0.4, -0.2) is 21.6 Å². The van der Waals surface area contributed by atoms with E-state index in [0.717, 1.165) is 28.4 Å². The fourth-order valence-electron chi connectivity index (χ4n) is 7.80. The summed E-state index contributed by atoms with van der Waals surface area (Å²) in [7, 11) is 0. The molecular formula is C48H35N3S4. The number of thioether (sulfide) groups is 4. The topological polar surface area (TPSA) is 13.1 Å². The van der Waals surface area contributed by atoms with Crippen LogP contribution in [0, 0.1) is 0 Å². The minimum Gasteiger partial charge on any atom is -0.311 e. The summed E-state index contributed by atoms with van der Waals surface area (Å²) < 4.78 is 8.85. The standard InChI is InChI=1S/C48H35N3S4/c1-52-47-48(53-2)55-46(54-47)31-32-19-21-33(22-20-32)49(34-23-27-36(28-24-34)50-42-15-7-3-11-38(42)39-12-4-8-16-43(39)50)35-25-29-37(30-26-35)51-44-17-9-5-13-40(44)41-14-6-10-18-45(41)51/h3-31H,1-2H3. The zero-order valence-corrected chi connectivity index (χ0v) is 33.5. The number of hydrogen-bond donors (Lipinski definition) is 0. The summed E-state index contributed by atoms with van der Waals surface area (Å²) in [6, 6.07) is 61.7. The van der Waals surface area contributed by atoms with E-state index in [0.29, 0.717) is 0 Å². The van der Waals surface area contributed by atoms with Crippen LogP contribution >= 0.6 is 47.0 Å². The maximum atomic E-state index is 2.38. The highest BCUT2D eigenvalue weighted by molar-refractivity contribution is 8.40. The zero-order chi connectivity index (χ0) is 36.9. The van der Waals surface area contributed by atoms with Crippen LogP contribution in [0.5, 0.6) is 0 Å². The molecule has 10 rings (SSSR count). The minimum atomic E-state index is 1.10. The van der Waals surface area contributed by atoms with E-state index in [-0.39, 0.29) is 0 Å². The molecule has 0 bridgehead atoms. The summed E-state index contributed by atoms with van der Waals surface area (Å²) in [5.74, 6) is 0. The predicted molar refractivity (Wildman–Crippen MR) is 247 cm³/mol. The molecular weight excluding hydrogens is 747 g/mol. The molecule has 55 heavy (non-hydrogen) atoms. The van der Waals surface area contributed by atoms with Gasteiger partial charge < -0.3 is 14.0 Å². The molecule has 266 valence electrons. The van der Waals surface area contributed by atoms with E-state index in [2.05, 4.69) is 202 Å².